The number of nitrogens with one attached hydrogen (secondary N) is 1. The maximum absolute atomic E-state index is 12.6. The predicted octanol–water partition coefficient (Wildman–Crippen LogP) is 1.62. The smallest absolute Gasteiger partial charge is 0.223 e. The summed E-state index contributed by atoms with van der Waals surface area (Å²) in [5.74, 6) is 0.927. The molecule has 1 fully saturated rings. The normalized spacial score (nSPS) is 18.1. The van der Waals surface area contributed by atoms with Crippen molar-refractivity contribution >= 4 is 23.0 Å². The number of rotatable bonds is 5. The van der Waals surface area contributed by atoms with Crippen molar-refractivity contribution in [2.75, 3.05) is 19.6 Å². The number of aryl methyl sites for hydroxylation is 1. The molecular weight excluding hydrogens is 312 g/mol. The van der Waals surface area contributed by atoms with Crippen LogP contribution in [0.3, 0.4) is 0 Å². The van der Waals surface area contributed by atoms with E-state index in [1.807, 2.05) is 34.2 Å². The third kappa shape index (κ3) is 3.51. The van der Waals surface area contributed by atoms with Crippen molar-refractivity contribution in [3.63, 3.8) is 0 Å². The molecule has 122 valence electrons. The summed E-state index contributed by atoms with van der Waals surface area (Å²) in [6.07, 6.45) is 4.13. The second-order valence-corrected chi connectivity index (χ2v) is 6.55. The van der Waals surface area contributed by atoms with Crippen LogP contribution in [0.1, 0.15) is 34.4 Å². The van der Waals surface area contributed by atoms with Gasteiger partial charge in [-0.05, 0) is 11.4 Å². The van der Waals surface area contributed by atoms with Gasteiger partial charge < -0.3 is 14.8 Å². The highest BCUT2D eigenvalue weighted by atomic mass is 32.1. The average molecular weight is 332 g/mol. The fourth-order valence-corrected chi connectivity index (χ4v) is 3.55. The summed E-state index contributed by atoms with van der Waals surface area (Å²) in [5, 5.41) is 5.19. The van der Waals surface area contributed by atoms with Gasteiger partial charge in [-0.15, -0.1) is 11.3 Å². The van der Waals surface area contributed by atoms with Crippen molar-refractivity contribution in [2.24, 2.45) is 7.05 Å². The molecule has 1 amide bonds. The number of carbonyl (C=O) groups is 2. The Bertz CT molecular complexity index is 680. The first kappa shape index (κ1) is 15.9. The van der Waals surface area contributed by atoms with Gasteiger partial charge in [0.05, 0.1) is 4.88 Å². The van der Waals surface area contributed by atoms with Gasteiger partial charge in [0.25, 0.3) is 0 Å². The van der Waals surface area contributed by atoms with E-state index in [4.69, 9.17) is 0 Å². The van der Waals surface area contributed by atoms with Gasteiger partial charge in [-0.3, -0.25) is 9.59 Å². The molecule has 1 atom stereocenters. The van der Waals surface area contributed by atoms with Crippen LogP contribution in [-0.4, -0.2) is 45.8 Å². The number of Topliss-reactive ketones (excluding diaryl/α,β-unsaturated/α-hetero) is 1. The Kier molecular flexibility index (Phi) is 4.88. The molecule has 0 saturated carbocycles. The number of imidazole rings is 1. The second kappa shape index (κ2) is 7.06. The van der Waals surface area contributed by atoms with Gasteiger partial charge in [-0.2, -0.15) is 0 Å². The molecule has 7 heteroatoms. The number of nitrogens with zero attached hydrogens (tertiary/aromatic N) is 3. The first-order valence-electron chi connectivity index (χ1n) is 7.71. The summed E-state index contributed by atoms with van der Waals surface area (Å²) in [4.78, 5) is 31.6. The van der Waals surface area contributed by atoms with Crippen LogP contribution in [0.4, 0.5) is 0 Å². The molecule has 0 aliphatic carbocycles. The van der Waals surface area contributed by atoms with E-state index < -0.39 is 0 Å². The molecule has 2 aromatic heterocycles. The Morgan fingerprint density at radius 3 is 3.00 bits per heavy atom. The zero-order valence-corrected chi connectivity index (χ0v) is 13.9. The van der Waals surface area contributed by atoms with E-state index in [-0.39, 0.29) is 30.6 Å². The SMILES string of the molecule is Cn1ccnc1C1CNCCN1C(=O)CCC(=O)c1cccs1. The number of aromatic nitrogens is 2. The van der Waals surface area contributed by atoms with Gasteiger partial charge in [0, 0.05) is 51.9 Å². The molecule has 1 saturated heterocycles. The van der Waals surface area contributed by atoms with Crippen LogP contribution in [0, 0.1) is 0 Å². The lowest BCUT2D eigenvalue weighted by atomic mass is 10.1. The second-order valence-electron chi connectivity index (χ2n) is 5.60. The van der Waals surface area contributed by atoms with E-state index in [0.717, 1.165) is 17.2 Å². The van der Waals surface area contributed by atoms with E-state index in [9.17, 15) is 9.59 Å². The van der Waals surface area contributed by atoms with Crippen LogP contribution >= 0.6 is 11.3 Å². The Morgan fingerprint density at radius 1 is 1.43 bits per heavy atom. The molecule has 0 aromatic carbocycles. The van der Waals surface area contributed by atoms with Crippen molar-refractivity contribution in [2.45, 2.75) is 18.9 Å². The molecule has 23 heavy (non-hydrogen) atoms. The van der Waals surface area contributed by atoms with Crippen molar-refractivity contribution in [3.8, 4) is 0 Å². The highest BCUT2D eigenvalue weighted by Gasteiger charge is 2.30. The Labute approximate surface area is 139 Å². The fourth-order valence-electron chi connectivity index (χ4n) is 2.86. The fraction of sp³-hybridized carbons (Fsp3) is 0.438. The summed E-state index contributed by atoms with van der Waals surface area (Å²) in [7, 11) is 1.93. The minimum absolute atomic E-state index is 0.0180. The van der Waals surface area contributed by atoms with E-state index in [0.29, 0.717) is 13.1 Å². The van der Waals surface area contributed by atoms with Crippen LogP contribution in [-0.2, 0) is 11.8 Å². The minimum atomic E-state index is -0.0758. The highest BCUT2D eigenvalue weighted by Crippen LogP contribution is 2.22. The van der Waals surface area contributed by atoms with Crippen LogP contribution in [0.15, 0.2) is 29.9 Å². The van der Waals surface area contributed by atoms with Crippen LogP contribution < -0.4 is 5.32 Å². The average Bonchev–Trinajstić information content (AvgIpc) is 3.23. The molecular formula is C16H20N4O2S. The van der Waals surface area contributed by atoms with Gasteiger partial charge in [0.15, 0.2) is 5.78 Å². The Balaban J connectivity index is 1.65. The molecule has 3 heterocycles. The predicted molar refractivity (Wildman–Crippen MR) is 88.4 cm³/mol. The van der Waals surface area contributed by atoms with Gasteiger partial charge >= 0.3 is 0 Å². The topological polar surface area (TPSA) is 67.2 Å². The van der Waals surface area contributed by atoms with Crippen molar-refractivity contribution in [3.05, 3.63) is 40.6 Å². The molecule has 0 bridgehead atoms. The molecule has 1 aliphatic rings. The summed E-state index contributed by atoms with van der Waals surface area (Å²) in [5.41, 5.74) is 0. The first-order valence-corrected chi connectivity index (χ1v) is 8.59. The molecule has 1 aliphatic heterocycles. The Hall–Kier alpha value is -1.99. The lowest BCUT2D eigenvalue weighted by Gasteiger charge is -2.35. The van der Waals surface area contributed by atoms with Crippen LogP contribution in [0.2, 0.25) is 0 Å². The number of thiophene rings is 1. The van der Waals surface area contributed by atoms with E-state index in [1.54, 1.807) is 12.3 Å². The van der Waals surface area contributed by atoms with E-state index in [2.05, 4.69) is 10.3 Å². The maximum atomic E-state index is 12.6. The van der Waals surface area contributed by atoms with Crippen molar-refractivity contribution in [1.29, 1.82) is 0 Å². The third-order valence-corrected chi connectivity index (χ3v) is 4.99. The van der Waals surface area contributed by atoms with Crippen molar-refractivity contribution < 1.29 is 9.59 Å². The van der Waals surface area contributed by atoms with Crippen LogP contribution in [0.25, 0.3) is 0 Å². The largest absolute Gasteiger partial charge is 0.336 e. The number of ketones is 1. The van der Waals surface area contributed by atoms with Gasteiger partial charge in [-0.25, -0.2) is 4.98 Å². The van der Waals surface area contributed by atoms with Gasteiger partial charge in [0.1, 0.15) is 11.9 Å². The monoisotopic (exact) mass is 332 g/mol. The number of carbonyl (C=O) groups excluding carboxylic acids is 2. The summed E-state index contributed by atoms with van der Waals surface area (Å²) in [6, 6.07) is 3.58. The van der Waals surface area contributed by atoms with Gasteiger partial charge in [-0.1, -0.05) is 6.07 Å². The number of hydrogen-bond donors (Lipinski definition) is 1. The molecule has 1 unspecified atom stereocenters. The quantitative estimate of drug-likeness (QED) is 0.845. The van der Waals surface area contributed by atoms with Crippen molar-refractivity contribution in [1.82, 2.24) is 19.8 Å². The zero-order valence-electron chi connectivity index (χ0n) is 13.1. The summed E-state index contributed by atoms with van der Waals surface area (Å²) in [6.45, 7) is 2.10. The number of piperazine rings is 1. The molecule has 6 nitrogen and oxygen atoms in total. The zero-order chi connectivity index (χ0) is 16.2. The minimum Gasteiger partial charge on any atom is -0.336 e. The molecule has 0 spiro atoms. The van der Waals surface area contributed by atoms with Crippen LogP contribution in [0.5, 0.6) is 0 Å². The standard InChI is InChI=1S/C16H20N4O2S/c1-19-8-7-18-16(19)12-11-17-6-9-20(12)15(22)5-4-13(21)14-3-2-10-23-14/h2-3,7-8,10,12,17H,4-6,9,11H2,1H3. The number of hydrogen-bond acceptors (Lipinski definition) is 5. The highest BCUT2D eigenvalue weighted by molar-refractivity contribution is 7.12. The maximum Gasteiger partial charge on any atom is 0.223 e. The van der Waals surface area contributed by atoms with Gasteiger partial charge in [0.2, 0.25) is 5.91 Å². The third-order valence-electron chi connectivity index (χ3n) is 4.08. The molecule has 2 aromatic rings. The summed E-state index contributed by atoms with van der Waals surface area (Å²) < 4.78 is 1.94. The number of amides is 1. The van der Waals surface area contributed by atoms with E-state index >= 15 is 0 Å². The molecule has 0 radical (unpaired) electrons. The first-order chi connectivity index (χ1) is 11.2. The Morgan fingerprint density at radius 2 is 2.30 bits per heavy atom. The van der Waals surface area contributed by atoms with E-state index in [1.165, 1.54) is 11.3 Å². The molecule has 1 N–H and O–H groups in total. The lowest BCUT2D eigenvalue weighted by molar-refractivity contribution is -0.134. The summed E-state index contributed by atoms with van der Waals surface area (Å²) >= 11 is 1.42. The molecule has 3 rings (SSSR count). The lowest BCUT2D eigenvalue weighted by Crippen LogP contribution is -2.49.